The van der Waals surface area contributed by atoms with E-state index < -0.39 is 5.97 Å². The summed E-state index contributed by atoms with van der Waals surface area (Å²) in [5, 5.41) is 8.59. The van der Waals surface area contributed by atoms with Gasteiger partial charge in [-0.15, -0.1) is 0 Å². The summed E-state index contributed by atoms with van der Waals surface area (Å²) in [6, 6.07) is 0. The van der Waals surface area contributed by atoms with Crippen molar-refractivity contribution < 1.29 is 9.90 Å². The van der Waals surface area contributed by atoms with Crippen LogP contribution in [-0.4, -0.2) is 35.6 Å². The second-order valence-corrected chi connectivity index (χ2v) is 3.43. The molecule has 0 unspecified atom stereocenters. The molecule has 74 valence electrons. The predicted octanol–water partition coefficient (Wildman–Crippen LogP) is 1.50. The van der Waals surface area contributed by atoms with Crippen molar-refractivity contribution >= 4 is 5.97 Å². The zero-order chi connectivity index (χ0) is 9.68. The van der Waals surface area contributed by atoms with Gasteiger partial charge in [0, 0.05) is 12.6 Å². The number of carboxylic acids is 1. The number of aliphatic carboxylic acids is 1. The maximum absolute atomic E-state index is 10.4. The summed E-state index contributed by atoms with van der Waals surface area (Å²) in [6.45, 7) is 5.33. The van der Waals surface area contributed by atoms with Crippen molar-refractivity contribution in [3.05, 3.63) is 11.6 Å². The molecule has 13 heavy (non-hydrogen) atoms. The van der Waals surface area contributed by atoms with E-state index in [2.05, 4.69) is 11.8 Å². The Kier molecular flexibility index (Phi) is 3.96. The average Bonchev–Trinajstić information content (AvgIpc) is 2.29. The van der Waals surface area contributed by atoms with Gasteiger partial charge in [-0.1, -0.05) is 12.5 Å². The van der Waals surface area contributed by atoms with E-state index in [1.54, 1.807) is 0 Å². The third kappa shape index (κ3) is 3.59. The summed E-state index contributed by atoms with van der Waals surface area (Å²) in [6.07, 6.45) is 4.33. The molecule has 0 aromatic heterocycles. The van der Waals surface area contributed by atoms with Gasteiger partial charge in [0.25, 0.3) is 0 Å². The summed E-state index contributed by atoms with van der Waals surface area (Å²) in [7, 11) is 0. The molecule has 0 saturated carbocycles. The van der Waals surface area contributed by atoms with Crippen LogP contribution < -0.4 is 0 Å². The lowest BCUT2D eigenvalue weighted by molar-refractivity contribution is -0.131. The molecule has 0 amide bonds. The van der Waals surface area contributed by atoms with E-state index in [1.807, 2.05) is 0 Å². The van der Waals surface area contributed by atoms with Crippen molar-refractivity contribution in [2.75, 3.05) is 19.6 Å². The highest BCUT2D eigenvalue weighted by atomic mass is 16.4. The van der Waals surface area contributed by atoms with E-state index in [0.717, 1.165) is 44.5 Å². The molecule has 0 radical (unpaired) electrons. The van der Waals surface area contributed by atoms with Crippen LogP contribution in [0.25, 0.3) is 0 Å². The maximum atomic E-state index is 10.4. The molecule has 1 aliphatic heterocycles. The Bertz CT molecular complexity index is 211. The molecule has 0 aliphatic carbocycles. The molecular formula is C10H17NO2. The summed E-state index contributed by atoms with van der Waals surface area (Å²) in [5.74, 6) is -0.806. The topological polar surface area (TPSA) is 40.5 Å². The third-order valence-corrected chi connectivity index (χ3v) is 2.50. The van der Waals surface area contributed by atoms with Gasteiger partial charge in [-0.05, 0) is 32.4 Å². The van der Waals surface area contributed by atoms with Crippen LogP contribution >= 0.6 is 0 Å². The first-order chi connectivity index (χ1) is 6.22. The van der Waals surface area contributed by atoms with Crippen LogP contribution in [0.4, 0.5) is 0 Å². The molecule has 0 aromatic carbocycles. The van der Waals surface area contributed by atoms with Crippen molar-refractivity contribution in [3.8, 4) is 0 Å². The lowest BCUT2D eigenvalue weighted by atomic mass is 10.1. The fourth-order valence-corrected chi connectivity index (χ4v) is 1.70. The third-order valence-electron chi connectivity index (χ3n) is 2.50. The molecule has 0 spiro atoms. The Morgan fingerprint density at radius 1 is 1.54 bits per heavy atom. The molecule has 1 fully saturated rings. The summed E-state index contributed by atoms with van der Waals surface area (Å²) in [5.41, 5.74) is 1.09. The van der Waals surface area contributed by atoms with Crippen LogP contribution in [0.3, 0.4) is 0 Å². The Morgan fingerprint density at radius 2 is 2.31 bits per heavy atom. The van der Waals surface area contributed by atoms with Crippen LogP contribution in [0, 0.1) is 0 Å². The van der Waals surface area contributed by atoms with Crippen molar-refractivity contribution in [2.24, 2.45) is 0 Å². The van der Waals surface area contributed by atoms with Gasteiger partial charge in [-0.3, -0.25) is 0 Å². The monoisotopic (exact) mass is 183 g/mol. The second-order valence-electron chi connectivity index (χ2n) is 3.43. The first-order valence-corrected chi connectivity index (χ1v) is 4.87. The largest absolute Gasteiger partial charge is 0.478 e. The zero-order valence-corrected chi connectivity index (χ0v) is 8.12. The highest BCUT2D eigenvalue weighted by Crippen LogP contribution is 2.15. The van der Waals surface area contributed by atoms with E-state index in [4.69, 9.17) is 5.11 Å². The van der Waals surface area contributed by atoms with Crippen molar-refractivity contribution in [2.45, 2.75) is 26.2 Å². The molecule has 0 atom stereocenters. The number of rotatable bonds is 2. The van der Waals surface area contributed by atoms with Gasteiger partial charge in [0.15, 0.2) is 0 Å². The molecule has 3 heteroatoms. The van der Waals surface area contributed by atoms with Gasteiger partial charge in [-0.2, -0.15) is 0 Å². The predicted molar refractivity (Wildman–Crippen MR) is 51.7 cm³/mol. The minimum absolute atomic E-state index is 0.806. The van der Waals surface area contributed by atoms with E-state index in [9.17, 15) is 4.79 Å². The van der Waals surface area contributed by atoms with Gasteiger partial charge in [0.1, 0.15) is 0 Å². The smallest absolute Gasteiger partial charge is 0.328 e. The molecular weight excluding hydrogens is 166 g/mol. The van der Waals surface area contributed by atoms with Crippen molar-refractivity contribution in [3.63, 3.8) is 0 Å². The van der Waals surface area contributed by atoms with E-state index >= 15 is 0 Å². The zero-order valence-electron chi connectivity index (χ0n) is 8.12. The number of hydrogen-bond acceptors (Lipinski definition) is 2. The van der Waals surface area contributed by atoms with Crippen molar-refractivity contribution in [1.29, 1.82) is 0 Å². The van der Waals surface area contributed by atoms with Crippen LogP contribution in [0.5, 0.6) is 0 Å². The number of carbonyl (C=O) groups is 1. The molecule has 1 heterocycles. The second kappa shape index (κ2) is 5.02. The first kappa shape index (κ1) is 10.3. The molecule has 0 bridgehead atoms. The van der Waals surface area contributed by atoms with E-state index in [-0.39, 0.29) is 0 Å². The number of likely N-dealkylation sites (tertiary alicyclic amines) is 1. The summed E-state index contributed by atoms with van der Waals surface area (Å²) in [4.78, 5) is 12.8. The Labute approximate surface area is 79.0 Å². The molecule has 1 N–H and O–H groups in total. The van der Waals surface area contributed by atoms with Gasteiger partial charge in [0.05, 0.1) is 0 Å². The van der Waals surface area contributed by atoms with E-state index in [0.29, 0.717) is 0 Å². The fraction of sp³-hybridized carbons (Fsp3) is 0.700. The van der Waals surface area contributed by atoms with Gasteiger partial charge in [-0.25, -0.2) is 4.79 Å². The molecule has 1 rings (SSSR count). The first-order valence-electron chi connectivity index (χ1n) is 4.87. The number of hydrogen-bond donors (Lipinski definition) is 1. The lowest BCUT2D eigenvalue weighted by Crippen LogP contribution is -2.23. The van der Waals surface area contributed by atoms with Crippen LogP contribution in [0.15, 0.2) is 11.6 Å². The molecule has 3 nitrogen and oxygen atoms in total. The average molecular weight is 183 g/mol. The molecule has 0 aromatic rings. The van der Waals surface area contributed by atoms with E-state index in [1.165, 1.54) is 6.08 Å². The molecule has 1 saturated heterocycles. The lowest BCUT2D eigenvalue weighted by Gasteiger charge is -2.15. The quantitative estimate of drug-likeness (QED) is 0.659. The van der Waals surface area contributed by atoms with Crippen LogP contribution in [-0.2, 0) is 4.79 Å². The Hall–Kier alpha value is -0.830. The SMILES string of the molecule is CCN1CCC/C(=C\C(=O)O)CC1. The van der Waals surface area contributed by atoms with Crippen molar-refractivity contribution in [1.82, 2.24) is 4.90 Å². The highest BCUT2D eigenvalue weighted by molar-refractivity contribution is 5.80. The Morgan fingerprint density at radius 3 is 2.92 bits per heavy atom. The van der Waals surface area contributed by atoms with Gasteiger partial charge in [0.2, 0.25) is 0 Å². The fourth-order valence-electron chi connectivity index (χ4n) is 1.70. The van der Waals surface area contributed by atoms with Crippen LogP contribution in [0.1, 0.15) is 26.2 Å². The normalized spacial score (nSPS) is 23.0. The standard InChI is InChI=1S/C10H17NO2/c1-2-11-6-3-4-9(5-7-11)8-10(12)13/h8H,2-7H2,1H3,(H,12,13)/b9-8+. The summed E-state index contributed by atoms with van der Waals surface area (Å²) >= 11 is 0. The minimum Gasteiger partial charge on any atom is -0.478 e. The summed E-state index contributed by atoms with van der Waals surface area (Å²) < 4.78 is 0. The van der Waals surface area contributed by atoms with Gasteiger partial charge >= 0.3 is 5.97 Å². The highest BCUT2D eigenvalue weighted by Gasteiger charge is 2.10. The maximum Gasteiger partial charge on any atom is 0.328 e. The Balaban J connectivity index is 2.49. The molecule has 1 aliphatic rings. The number of carboxylic acid groups (broad SMARTS) is 1. The van der Waals surface area contributed by atoms with Gasteiger partial charge < -0.3 is 10.0 Å². The number of nitrogens with zero attached hydrogens (tertiary/aromatic N) is 1. The van der Waals surface area contributed by atoms with Crippen LogP contribution in [0.2, 0.25) is 0 Å². The minimum atomic E-state index is -0.806.